The van der Waals surface area contributed by atoms with Crippen LogP contribution < -0.4 is 5.32 Å². The minimum atomic E-state index is 0.334. The van der Waals surface area contributed by atoms with Gasteiger partial charge < -0.3 is 10.4 Å². The second-order valence-electron chi connectivity index (χ2n) is 2.64. The smallest absolute Gasteiger partial charge is 0.115 e. The molecule has 0 aromatic heterocycles. The fourth-order valence-electron chi connectivity index (χ4n) is 1.04. The van der Waals surface area contributed by atoms with Crippen molar-refractivity contribution < 1.29 is 5.11 Å². The van der Waals surface area contributed by atoms with Gasteiger partial charge in [-0.25, -0.2) is 0 Å². The summed E-state index contributed by atoms with van der Waals surface area (Å²) >= 11 is 0. The quantitative estimate of drug-likeness (QED) is 0.670. The van der Waals surface area contributed by atoms with Crippen LogP contribution in [0.2, 0.25) is 0 Å². The number of aromatic hydroxyl groups is 1. The molecule has 0 amide bonds. The number of phenols is 1. The van der Waals surface area contributed by atoms with Crippen molar-refractivity contribution in [2.75, 3.05) is 7.05 Å². The average molecular weight is 151 g/mol. The molecule has 0 aliphatic heterocycles. The Hall–Kier alpha value is -1.02. The zero-order valence-electron chi connectivity index (χ0n) is 6.89. The summed E-state index contributed by atoms with van der Waals surface area (Å²) in [6.07, 6.45) is 0. The van der Waals surface area contributed by atoms with Crippen LogP contribution >= 0.6 is 0 Å². The van der Waals surface area contributed by atoms with Crippen molar-refractivity contribution in [1.82, 2.24) is 5.32 Å². The fraction of sp³-hybridized carbons (Fsp3) is 0.333. The molecular weight excluding hydrogens is 138 g/mol. The molecule has 2 heteroatoms. The zero-order valence-corrected chi connectivity index (χ0v) is 6.89. The van der Waals surface area contributed by atoms with Crippen molar-refractivity contribution >= 4 is 0 Å². The summed E-state index contributed by atoms with van der Waals surface area (Å²) in [5, 5.41) is 12.2. The first kappa shape index (κ1) is 8.08. The van der Waals surface area contributed by atoms with Gasteiger partial charge in [0.1, 0.15) is 5.75 Å². The first-order chi connectivity index (χ1) is 5.24. The maximum absolute atomic E-state index is 9.14. The minimum Gasteiger partial charge on any atom is -0.508 e. The summed E-state index contributed by atoms with van der Waals surface area (Å²) in [5.41, 5.74) is 2.35. The molecule has 0 fully saturated rings. The molecule has 1 aromatic carbocycles. The van der Waals surface area contributed by atoms with Gasteiger partial charge in [-0.3, -0.25) is 0 Å². The summed E-state index contributed by atoms with van der Waals surface area (Å²) in [7, 11) is 1.89. The molecule has 1 rings (SSSR count). The molecule has 2 nitrogen and oxygen atoms in total. The van der Waals surface area contributed by atoms with E-state index in [9.17, 15) is 0 Å². The second-order valence-corrected chi connectivity index (χ2v) is 2.64. The van der Waals surface area contributed by atoms with E-state index in [0.29, 0.717) is 5.75 Å². The van der Waals surface area contributed by atoms with Gasteiger partial charge in [0.2, 0.25) is 0 Å². The summed E-state index contributed by atoms with van der Waals surface area (Å²) < 4.78 is 0. The summed E-state index contributed by atoms with van der Waals surface area (Å²) in [5.74, 6) is 0.334. The number of hydrogen-bond donors (Lipinski definition) is 2. The molecule has 0 bridgehead atoms. The van der Waals surface area contributed by atoms with Crippen molar-refractivity contribution in [1.29, 1.82) is 0 Å². The van der Waals surface area contributed by atoms with Crippen LogP contribution in [-0.4, -0.2) is 12.2 Å². The Labute approximate surface area is 66.9 Å². The maximum atomic E-state index is 9.14. The van der Waals surface area contributed by atoms with E-state index in [1.54, 1.807) is 12.1 Å². The van der Waals surface area contributed by atoms with Gasteiger partial charge in [-0.1, -0.05) is 6.07 Å². The largest absolute Gasteiger partial charge is 0.508 e. The van der Waals surface area contributed by atoms with E-state index in [2.05, 4.69) is 5.32 Å². The van der Waals surface area contributed by atoms with Gasteiger partial charge in [0, 0.05) is 6.54 Å². The van der Waals surface area contributed by atoms with Gasteiger partial charge in [-0.15, -0.1) is 0 Å². The highest BCUT2D eigenvalue weighted by molar-refractivity contribution is 5.33. The number of nitrogens with one attached hydrogen (secondary N) is 1. The summed E-state index contributed by atoms with van der Waals surface area (Å²) in [6.45, 7) is 2.84. The highest BCUT2D eigenvalue weighted by Crippen LogP contribution is 2.15. The number of hydrogen-bond acceptors (Lipinski definition) is 2. The van der Waals surface area contributed by atoms with Gasteiger partial charge in [-0.2, -0.15) is 0 Å². The predicted molar refractivity (Wildman–Crippen MR) is 45.6 cm³/mol. The molecule has 1 aromatic rings. The SMILES string of the molecule is CNCc1cc(O)ccc1C. The number of phenolic OH excluding ortho intramolecular Hbond substituents is 1. The van der Waals surface area contributed by atoms with Gasteiger partial charge in [-0.05, 0) is 37.2 Å². The first-order valence-electron chi connectivity index (χ1n) is 3.67. The molecule has 0 aliphatic carbocycles. The molecule has 0 atom stereocenters. The second kappa shape index (κ2) is 3.39. The van der Waals surface area contributed by atoms with Crippen LogP contribution in [0.1, 0.15) is 11.1 Å². The lowest BCUT2D eigenvalue weighted by molar-refractivity contribution is 0.474. The van der Waals surface area contributed by atoms with E-state index >= 15 is 0 Å². The monoisotopic (exact) mass is 151 g/mol. The van der Waals surface area contributed by atoms with Crippen molar-refractivity contribution in [3.05, 3.63) is 29.3 Å². The Morgan fingerprint density at radius 2 is 2.18 bits per heavy atom. The molecule has 0 unspecified atom stereocenters. The number of aryl methyl sites for hydroxylation is 1. The standard InChI is InChI=1S/C9H13NO/c1-7-3-4-9(11)5-8(7)6-10-2/h3-5,10-11H,6H2,1-2H3. The van der Waals surface area contributed by atoms with E-state index in [1.165, 1.54) is 5.56 Å². The van der Waals surface area contributed by atoms with Crippen LogP contribution in [0, 0.1) is 6.92 Å². The molecule has 2 N–H and O–H groups in total. The summed E-state index contributed by atoms with van der Waals surface area (Å²) in [4.78, 5) is 0. The maximum Gasteiger partial charge on any atom is 0.115 e. The van der Waals surface area contributed by atoms with Crippen LogP contribution in [0.5, 0.6) is 5.75 Å². The molecule has 0 radical (unpaired) electrons. The molecule has 0 saturated carbocycles. The Balaban J connectivity index is 2.93. The summed E-state index contributed by atoms with van der Waals surface area (Å²) in [6, 6.07) is 5.41. The van der Waals surface area contributed by atoms with Crippen LogP contribution in [0.4, 0.5) is 0 Å². The van der Waals surface area contributed by atoms with Gasteiger partial charge in [0.05, 0.1) is 0 Å². The third kappa shape index (κ3) is 1.95. The van der Waals surface area contributed by atoms with E-state index in [0.717, 1.165) is 12.1 Å². The highest BCUT2D eigenvalue weighted by Gasteiger charge is 1.96. The zero-order chi connectivity index (χ0) is 8.27. The Bertz CT molecular complexity index is 245. The van der Waals surface area contributed by atoms with Crippen molar-refractivity contribution in [2.45, 2.75) is 13.5 Å². The number of benzene rings is 1. The molecule has 0 aliphatic rings. The molecular formula is C9H13NO. The number of rotatable bonds is 2. The highest BCUT2D eigenvalue weighted by atomic mass is 16.3. The van der Waals surface area contributed by atoms with Crippen LogP contribution in [0.3, 0.4) is 0 Å². The minimum absolute atomic E-state index is 0.334. The van der Waals surface area contributed by atoms with Crippen molar-refractivity contribution in [3.8, 4) is 5.75 Å². The van der Waals surface area contributed by atoms with Crippen LogP contribution in [0.25, 0.3) is 0 Å². The van der Waals surface area contributed by atoms with Gasteiger partial charge >= 0.3 is 0 Å². The third-order valence-electron chi connectivity index (χ3n) is 1.70. The first-order valence-corrected chi connectivity index (χ1v) is 3.67. The topological polar surface area (TPSA) is 32.3 Å². The molecule has 60 valence electrons. The predicted octanol–water partition coefficient (Wildman–Crippen LogP) is 1.42. The molecule has 0 heterocycles. The van der Waals surface area contributed by atoms with E-state index in [1.807, 2.05) is 20.0 Å². The van der Waals surface area contributed by atoms with E-state index in [4.69, 9.17) is 5.11 Å². The van der Waals surface area contributed by atoms with Gasteiger partial charge in [0.15, 0.2) is 0 Å². The van der Waals surface area contributed by atoms with E-state index < -0.39 is 0 Å². The van der Waals surface area contributed by atoms with Gasteiger partial charge in [0.25, 0.3) is 0 Å². The Morgan fingerprint density at radius 3 is 2.82 bits per heavy atom. The Morgan fingerprint density at radius 1 is 1.45 bits per heavy atom. The fourth-order valence-corrected chi connectivity index (χ4v) is 1.04. The lowest BCUT2D eigenvalue weighted by Gasteiger charge is -2.04. The third-order valence-corrected chi connectivity index (χ3v) is 1.70. The van der Waals surface area contributed by atoms with E-state index in [-0.39, 0.29) is 0 Å². The molecule has 0 saturated heterocycles. The average Bonchev–Trinajstić information content (AvgIpc) is 1.98. The molecule has 0 spiro atoms. The lowest BCUT2D eigenvalue weighted by atomic mass is 10.1. The molecule has 11 heavy (non-hydrogen) atoms. The normalized spacial score (nSPS) is 10.0. The van der Waals surface area contributed by atoms with Crippen molar-refractivity contribution in [3.63, 3.8) is 0 Å². The lowest BCUT2D eigenvalue weighted by Crippen LogP contribution is -2.06. The Kier molecular flexibility index (Phi) is 2.49. The van der Waals surface area contributed by atoms with Crippen LogP contribution in [-0.2, 0) is 6.54 Å². The van der Waals surface area contributed by atoms with Crippen LogP contribution in [0.15, 0.2) is 18.2 Å². The van der Waals surface area contributed by atoms with Crippen molar-refractivity contribution in [2.24, 2.45) is 0 Å².